The van der Waals surface area contributed by atoms with Crippen LogP contribution < -0.4 is 10.1 Å². The number of hydrogen-bond donors (Lipinski definition) is 2. The summed E-state index contributed by atoms with van der Waals surface area (Å²) in [5, 5.41) is 23.9. The number of carboxylic acid groups (broad SMARTS) is 1. The number of imide groups is 1. The molecule has 2 fully saturated rings. The number of hydrogen-bond acceptors (Lipinski definition) is 7. The van der Waals surface area contributed by atoms with Gasteiger partial charge in [0.2, 0.25) is 11.8 Å². The van der Waals surface area contributed by atoms with Gasteiger partial charge in [0.25, 0.3) is 5.69 Å². The Labute approximate surface area is 196 Å². The number of halogens is 1. The van der Waals surface area contributed by atoms with E-state index in [1.165, 1.54) is 38.3 Å². The number of nitrogens with one attached hydrogen (secondary N) is 1. The maximum Gasteiger partial charge on any atom is 0.324 e. The highest BCUT2D eigenvalue weighted by Gasteiger charge is 2.66. The zero-order chi connectivity index (χ0) is 24.1. The lowest BCUT2D eigenvalue weighted by atomic mass is 9.80. The van der Waals surface area contributed by atoms with Gasteiger partial charge >= 0.3 is 5.97 Å². The molecule has 11 heteroatoms. The van der Waals surface area contributed by atoms with Gasteiger partial charge in [-0.1, -0.05) is 28.1 Å². The van der Waals surface area contributed by atoms with Crippen LogP contribution in [0.5, 0.6) is 5.75 Å². The second-order valence-corrected chi connectivity index (χ2v) is 9.12. The van der Waals surface area contributed by atoms with Gasteiger partial charge in [0.1, 0.15) is 11.3 Å². The van der Waals surface area contributed by atoms with Crippen molar-refractivity contribution in [2.75, 3.05) is 7.11 Å². The molecule has 2 amide bonds. The van der Waals surface area contributed by atoms with Crippen molar-refractivity contribution < 1.29 is 29.2 Å². The highest BCUT2D eigenvalue weighted by atomic mass is 79.9. The van der Waals surface area contributed by atoms with Crippen LogP contribution in [0, 0.1) is 22.0 Å². The van der Waals surface area contributed by atoms with E-state index in [1.807, 2.05) is 0 Å². The molecule has 4 unspecified atom stereocenters. The number of aliphatic carboxylic acids is 1. The lowest BCUT2D eigenvalue weighted by molar-refractivity contribution is -0.384. The van der Waals surface area contributed by atoms with Crippen molar-refractivity contribution in [1.29, 1.82) is 0 Å². The predicted molar refractivity (Wildman–Crippen MR) is 118 cm³/mol. The van der Waals surface area contributed by atoms with Crippen molar-refractivity contribution >= 4 is 39.4 Å². The summed E-state index contributed by atoms with van der Waals surface area (Å²) in [7, 11) is 1.47. The standard InChI is InChI=1S/C22H20BrN3O7/c1-22(21(29)30)17-16(18(24-22)14-9-12(23)5-8-15(14)33-2)19(27)25(20(17)28)10-11-3-6-13(7-4-11)26(31)32/h3-9,16-18,24H,10H2,1-2H3,(H,29,30). The van der Waals surface area contributed by atoms with Crippen molar-refractivity contribution in [3.63, 3.8) is 0 Å². The van der Waals surface area contributed by atoms with E-state index >= 15 is 0 Å². The van der Waals surface area contributed by atoms with Crippen LogP contribution in [0.3, 0.4) is 0 Å². The normalized spacial score (nSPS) is 26.4. The van der Waals surface area contributed by atoms with Crippen molar-refractivity contribution in [2.45, 2.75) is 25.0 Å². The zero-order valence-electron chi connectivity index (χ0n) is 17.6. The molecular weight excluding hydrogens is 498 g/mol. The van der Waals surface area contributed by atoms with E-state index in [4.69, 9.17) is 4.74 Å². The molecule has 0 saturated carbocycles. The molecule has 2 saturated heterocycles. The Kier molecular flexibility index (Phi) is 5.71. The summed E-state index contributed by atoms with van der Waals surface area (Å²) in [6, 6.07) is 9.93. The third kappa shape index (κ3) is 3.66. The van der Waals surface area contributed by atoms with Crippen molar-refractivity contribution in [2.24, 2.45) is 11.8 Å². The van der Waals surface area contributed by atoms with Gasteiger partial charge < -0.3 is 9.84 Å². The molecule has 4 atom stereocenters. The Morgan fingerprint density at radius 3 is 2.48 bits per heavy atom. The SMILES string of the molecule is COc1ccc(Br)cc1C1NC(C)(C(=O)O)C2C(=O)N(Cc3ccc([N+](=O)[O-])cc3)C(=O)C12. The van der Waals surface area contributed by atoms with Crippen LogP contribution in [0.25, 0.3) is 0 Å². The van der Waals surface area contributed by atoms with Crippen LogP contribution in [-0.4, -0.2) is 45.4 Å². The molecule has 2 aliphatic heterocycles. The summed E-state index contributed by atoms with van der Waals surface area (Å²) in [6.45, 7) is 1.29. The molecule has 2 aliphatic rings. The third-order valence-electron chi connectivity index (χ3n) is 6.34. The van der Waals surface area contributed by atoms with E-state index in [1.54, 1.807) is 18.2 Å². The van der Waals surface area contributed by atoms with Crippen LogP contribution in [0.2, 0.25) is 0 Å². The van der Waals surface area contributed by atoms with Gasteiger partial charge in [0, 0.05) is 28.2 Å². The number of non-ortho nitro benzene ring substituents is 1. The first-order chi connectivity index (χ1) is 15.6. The van der Waals surface area contributed by atoms with Crippen LogP contribution in [0.15, 0.2) is 46.9 Å². The first-order valence-corrected chi connectivity index (χ1v) is 10.8. The third-order valence-corrected chi connectivity index (χ3v) is 6.83. The highest BCUT2D eigenvalue weighted by Crippen LogP contribution is 2.50. The molecule has 0 aromatic heterocycles. The molecular formula is C22H20BrN3O7. The summed E-state index contributed by atoms with van der Waals surface area (Å²) in [5.74, 6) is -3.98. The maximum absolute atomic E-state index is 13.5. The number of carbonyl (C=O) groups excluding carboxylic acids is 2. The molecule has 4 rings (SSSR count). The zero-order valence-corrected chi connectivity index (χ0v) is 19.2. The predicted octanol–water partition coefficient (Wildman–Crippen LogP) is 2.65. The van der Waals surface area contributed by atoms with Gasteiger partial charge in [-0.3, -0.25) is 34.7 Å². The van der Waals surface area contributed by atoms with Gasteiger partial charge in [0.05, 0.1) is 30.4 Å². The number of ether oxygens (including phenoxy) is 1. The molecule has 2 aromatic rings. The van der Waals surface area contributed by atoms with Gasteiger partial charge in [-0.05, 0) is 30.7 Å². The molecule has 172 valence electrons. The molecule has 10 nitrogen and oxygen atoms in total. The minimum Gasteiger partial charge on any atom is -0.496 e. The minimum absolute atomic E-state index is 0.110. The number of carboxylic acids is 1. The minimum atomic E-state index is -1.68. The fraction of sp³-hybridized carbons (Fsp3) is 0.318. The van der Waals surface area contributed by atoms with Gasteiger partial charge in [0.15, 0.2) is 0 Å². The summed E-state index contributed by atoms with van der Waals surface area (Å²) in [4.78, 5) is 50.4. The van der Waals surface area contributed by atoms with Gasteiger partial charge in [-0.25, -0.2) is 0 Å². The van der Waals surface area contributed by atoms with E-state index in [0.29, 0.717) is 21.3 Å². The molecule has 2 heterocycles. The van der Waals surface area contributed by atoms with E-state index < -0.39 is 46.1 Å². The monoisotopic (exact) mass is 517 g/mol. The fourth-order valence-corrected chi connectivity index (χ4v) is 5.05. The number of carbonyl (C=O) groups is 3. The van der Waals surface area contributed by atoms with Crippen LogP contribution in [0.1, 0.15) is 24.1 Å². The molecule has 0 radical (unpaired) electrons. The number of fused-ring (bicyclic) bond motifs is 1. The van der Waals surface area contributed by atoms with E-state index in [-0.39, 0.29) is 12.2 Å². The van der Waals surface area contributed by atoms with Crippen LogP contribution in [0.4, 0.5) is 5.69 Å². The van der Waals surface area contributed by atoms with Crippen LogP contribution in [-0.2, 0) is 20.9 Å². The van der Waals surface area contributed by atoms with Gasteiger partial charge in [-0.15, -0.1) is 0 Å². The lowest BCUT2D eigenvalue weighted by Crippen LogP contribution is -2.53. The Morgan fingerprint density at radius 1 is 1.24 bits per heavy atom. The number of nitrogens with zero attached hydrogens (tertiary/aromatic N) is 2. The Bertz CT molecular complexity index is 1170. The van der Waals surface area contributed by atoms with Crippen LogP contribution >= 0.6 is 15.9 Å². The fourth-order valence-electron chi connectivity index (χ4n) is 4.67. The summed E-state index contributed by atoms with van der Waals surface area (Å²) < 4.78 is 6.14. The average molecular weight is 518 g/mol. The first-order valence-electron chi connectivity index (χ1n) is 10.0. The second-order valence-electron chi connectivity index (χ2n) is 8.21. The van der Waals surface area contributed by atoms with Crippen molar-refractivity contribution in [3.8, 4) is 5.75 Å². The van der Waals surface area contributed by atoms with Crippen molar-refractivity contribution in [1.82, 2.24) is 10.2 Å². The van der Waals surface area contributed by atoms with Crippen molar-refractivity contribution in [3.05, 3.63) is 68.2 Å². The number of benzene rings is 2. The van der Waals surface area contributed by atoms with E-state index in [9.17, 15) is 29.6 Å². The number of methoxy groups -OCH3 is 1. The number of amides is 2. The number of rotatable bonds is 6. The largest absolute Gasteiger partial charge is 0.496 e. The number of likely N-dealkylation sites (tertiary alicyclic amines) is 1. The average Bonchev–Trinajstić information content (AvgIpc) is 3.23. The summed E-state index contributed by atoms with van der Waals surface area (Å²) in [6.07, 6.45) is 0. The summed E-state index contributed by atoms with van der Waals surface area (Å²) >= 11 is 3.39. The molecule has 33 heavy (non-hydrogen) atoms. The number of nitro groups is 1. The highest BCUT2D eigenvalue weighted by molar-refractivity contribution is 9.10. The molecule has 2 aromatic carbocycles. The van der Waals surface area contributed by atoms with E-state index in [2.05, 4.69) is 21.2 Å². The quantitative estimate of drug-likeness (QED) is 0.338. The first kappa shape index (κ1) is 22.9. The Morgan fingerprint density at radius 2 is 1.91 bits per heavy atom. The van der Waals surface area contributed by atoms with Gasteiger partial charge in [-0.2, -0.15) is 0 Å². The number of nitro benzene ring substituents is 1. The smallest absolute Gasteiger partial charge is 0.324 e. The Hall–Kier alpha value is -3.31. The molecule has 0 bridgehead atoms. The molecule has 2 N–H and O–H groups in total. The topological polar surface area (TPSA) is 139 Å². The molecule has 0 aliphatic carbocycles. The lowest BCUT2D eigenvalue weighted by Gasteiger charge is -2.27. The Balaban J connectivity index is 1.73. The second kappa shape index (κ2) is 8.23. The summed E-state index contributed by atoms with van der Waals surface area (Å²) in [5.41, 5.74) is -0.715. The van der Waals surface area contributed by atoms with E-state index in [0.717, 1.165) is 4.90 Å². The maximum atomic E-state index is 13.5. The molecule has 0 spiro atoms.